The second-order valence-corrected chi connectivity index (χ2v) is 7.29. The van der Waals surface area contributed by atoms with Crippen LogP contribution in [0.2, 0.25) is 0 Å². The Labute approximate surface area is 128 Å². The van der Waals surface area contributed by atoms with Crippen LogP contribution < -0.4 is 0 Å². The number of hydrogen-bond acceptors (Lipinski definition) is 7. The number of carbonyl (C=O) groups is 1. The van der Waals surface area contributed by atoms with Crippen molar-refractivity contribution in [2.24, 2.45) is 0 Å². The molecule has 0 radical (unpaired) electrons. The van der Waals surface area contributed by atoms with Crippen LogP contribution in [-0.2, 0) is 9.53 Å². The van der Waals surface area contributed by atoms with Crippen LogP contribution in [0.1, 0.15) is 11.8 Å². The molecule has 2 aromatic heterocycles. The van der Waals surface area contributed by atoms with Gasteiger partial charge in [0.25, 0.3) is 5.88 Å². The molecule has 7 heteroatoms. The number of aliphatic hydroxyl groups excluding tert-OH is 1. The SMILES string of the molecule is CC(=O)OC1=C(O)c2sc(-c3cccs3)cc2SN1C. The lowest BCUT2D eigenvalue weighted by Crippen LogP contribution is -2.19. The first-order chi connectivity index (χ1) is 9.56. The van der Waals surface area contributed by atoms with E-state index in [1.807, 2.05) is 23.6 Å². The van der Waals surface area contributed by atoms with Crippen LogP contribution in [0, 0.1) is 0 Å². The summed E-state index contributed by atoms with van der Waals surface area (Å²) < 4.78 is 6.73. The number of ether oxygens (including phenoxy) is 1. The molecule has 2 aromatic rings. The second kappa shape index (κ2) is 5.16. The fraction of sp³-hybridized carbons (Fsp3) is 0.154. The summed E-state index contributed by atoms with van der Waals surface area (Å²) in [6.07, 6.45) is 0. The summed E-state index contributed by atoms with van der Waals surface area (Å²) in [4.78, 5) is 15.1. The molecule has 0 saturated carbocycles. The van der Waals surface area contributed by atoms with Gasteiger partial charge in [-0.3, -0.25) is 9.10 Å². The predicted octanol–water partition coefficient (Wildman–Crippen LogP) is 4.18. The molecule has 0 unspecified atom stereocenters. The maximum absolute atomic E-state index is 11.1. The first-order valence-electron chi connectivity index (χ1n) is 5.77. The van der Waals surface area contributed by atoms with Crippen molar-refractivity contribution >= 4 is 46.3 Å². The number of esters is 1. The topological polar surface area (TPSA) is 49.8 Å². The van der Waals surface area contributed by atoms with Gasteiger partial charge in [0, 0.05) is 23.7 Å². The highest BCUT2D eigenvalue weighted by Gasteiger charge is 2.28. The van der Waals surface area contributed by atoms with E-state index in [4.69, 9.17) is 4.74 Å². The molecule has 0 bridgehead atoms. The highest BCUT2D eigenvalue weighted by atomic mass is 32.2. The van der Waals surface area contributed by atoms with Gasteiger partial charge in [-0.15, -0.1) is 22.7 Å². The molecule has 1 aliphatic heterocycles. The molecule has 1 N–H and O–H groups in total. The molecule has 104 valence electrons. The molecule has 1 aliphatic rings. The van der Waals surface area contributed by atoms with Gasteiger partial charge in [0.2, 0.25) is 0 Å². The molecule has 3 heterocycles. The van der Waals surface area contributed by atoms with E-state index < -0.39 is 5.97 Å². The van der Waals surface area contributed by atoms with Crippen molar-refractivity contribution in [3.63, 3.8) is 0 Å². The fourth-order valence-corrected chi connectivity index (χ4v) is 4.81. The first-order valence-corrected chi connectivity index (χ1v) is 8.24. The maximum Gasteiger partial charge on any atom is 0.309 e. The molecule has 0 amide bonds. The Balaban J connectivity index is 2.05. The van der Waals surface area contributed by atoms with Gasteiger partial charge < -0.3 is 9.84 Å². The van der Waals surface area contributed by atoms with Crippen molar-refractivity contribution < 1.29 is 14.6 Å². The van der Waals surface area contributed by atoms with E-state index in [0.717, 1.165) is 19.5 Å². The number of nitrogens with zero attached hydrogens (tertiary/aromatic N) is 1. The fourth-order valence-electron chi connectivity index (χ4n) is 1.83. The Bertz CT molecular complexity index is 688. The van der Waals surface area contributed by atoms with Gasteiger partial charge in [-0.25, -0.2) is 0 Å². The van der Waals surface area contributed by atoms with Crippen molar-refractivity contribution in [2.75, 3.05) is 7.05 Å². The monoisotopic (exact) mass is 325 g/mol. The van der Waals surface area contributed by atoms with E-state index in [0.29, 0.717) is 0 Å². The van der Waals surface area contributed by atoms with Gasteiger partial charge in [0.15, 0.2) is 5.76 Å². The van der Waals surface area contributed by atoms with Crippen molar-refractivity contribution in [2.45, 2.75) is 11.8 Å². The molecular weight excluding hydrogens is 314 g/mol. The molecule has 0 aromatic carbocycles. The summed E-state index contributed by atoms with van der Waals surface area (Å²) in [7, 11) is 1.75. The average Bonchev–Trinajstić information content (AvgIpc) is 3.01. The zero-order valence-electron chi connectivity index (χ0n) is 10.7. The smallest absolute Gasteiger partial charge is 0.309 e. The van der Waals surface area contributed by atoms with Crippen LogP contribution in [0.25, 0.3) is 15.5 Å². The molecule has 0 aliphatic carbocycles. The van der Waals surface area contributed by atoms with Crippen LogP contribution >= 0.6 is 34.6 Å². The predicted molar refractivity (Wildman–Crippen MR) is 82.6 cm³/mol. The maximum atomic E-state index is 11.1. The third kappa shape index (κ3) is 2.32. The van der Waals surface area contributed by atoms with Crippen molar-refractivity contribution in [1.29, 1.82) is 0 Å². The lowest BCUT2D eigenvalue weighted by molar-refractivity contribution is -0.138. The highest BCUT2D eigenvalue weighted by Crippen LogP contribution is 2.46. The van der Waals surface area contributed by atoms with Crippen LogP contribution in [0.15, 0.2) is 34.4 Å². The van der Waals surface area contributed by atoms with Crippen LogP contribution in [0.5, 0.6) is 0 Å². The molecule has 3 rings (SSSR count). The van der Waals surface area contributed by atoms with E-state index in [1.165, 1.54) is 30.2 Å². The number of fused-ring (bicyclic) bond motifs is 1. The molecular formula is C13H11NO3S3. The molecule has 0 saturated heterocycles. The number of thiophene rings is 2. The lowest BCUT2D eigenvalue weighted by Gasteiger charge is -2.24. The van der Waals surface area contributed by atoms with Gasteiger partial charge in [-0.1, -0.05) is 6.07 Å². The summed E-state index contributed by atoms with van der Waals surface area (Å²) in [5, 5.41) is 12.3. The molecule has 4 nitrogen and oxygen atoms in total. The second-order valence-electron chi connectivity index (χ2n) is 4.12. The lowest BCUT2D eigenvalue weighted by atomic mass is 10.3. The number of hydrogen-bond donors (Lipinski definition) is 1. The zero-order valence-corrected chi connectivity index (χ0v) is 13.2. The minimum atomic E-state index is -0.447. The largest absolute Gasteiger partial charge is 0.502 e. The Morgan fingerprint density at radius 2 is 2.20 bits per heavy atom. The van der Waals surface area contributed by atoms with Gasteiger partial charge in [0.05, 0.1) is 9.77 Å². The molecule has 0 atom stereocenters. The van der Waals surface area contributed by atoms with E-state index in [9.17, 15) is 9.90 Å². The van der Waals surface area contributed by atoms with Crippen molar-refractivity contribution in [3.8, 4) is 9.75 Å². The third-order valence-corrected chi connectivity index (χ3v) is 5.94. The van der Waals surface area contributed by atoms with Crippen molar-refractivity contribution in [1.82, 2.24) is 4.31 Å². The Hall–Kier alpha value is -1.44. The summed E-state index contributed by atoms with van der Waals surface area (Å²) in [6, 6.07) is 6.09. The zero-order chi connectivity index (χ0) is 14.3. The normalized spacial score (nSPS) is 14.4. The molecule has 0 fully saturated rings. The standard InChI is InChI=1S/C13H11NO3S3/c1-7(15)17-13-11(16)12-10(20-14(13)2)6-9(19-12)8-4-3-5-18-8/h3-6,16H,1-2H3. The number of rotatable bonds is 2. The average molecular weight is 325 g/mol. The Kier molecular flexibility index (Phi) is 3.49. The number of carbonyl (C=O) groups excluding carboxylic acids is 1. The minimum absolute atomic E-state index is 0.0178. The third-order valence-electron chi connectivity index (χ3n) is 2.64. The van der Waals surface area contributed by atoms with Crippen LogP contribution in [-0.4, -0.2) is 22.4 Å². The Morgan fingerprint density at radius 1 is 1.40 bits per heavy atom. The molecule has 20 heavy (non-hydrogen) atoms. The van der Waals surface area contributed by atoms with Gasteiger partial charge >= 0.3 is 5.97 Å². The van der Waals surface area contributed by atoms with Gasteiger partial charge in [-0.2, -0.15) is 0 Å². The van der Waals surface area contributed by atoms with E-state index in [2.05, 4.69) is 0 Å². The highest BCUT2D eigenvalue weighted by molar-refractivity contribution is 7.97. The summed E-state index contributed by atoms with van der Waals surface area (Å²) in [6.45, 7) is 1.32. The quantitative estimate of drug-likeness (QED) is 0.663. The molecule has 0 spiro atoms. The summed E-state index contributed by atoms with van der Waals surface area (Å²) >= 11 is 4.59. The first kappa shape index (κ1) is 13.5. The minimum Gasteiger partial charge on any atom is -0.502 e. The summed E-state index contributed by atoms with van der Waals surface area (Å²) in [5.74, 6) is -0.240. The van der Waals surface area contributed by atoms with Gasteiger partial charge in [0.1, 0.15) is 0 Å². The van der Waals surface area contributed by atoms with Crippen LogP contribution in [0.4, 0.5) is 0 Å². The van der Waals surface area contributed by atoms with Crippen LogP contribution in [0.3, 0.4) is 0 Å². The van der Waals surface area contributed by atoms with Gasteiger partial charge in [-0.05, 0) is 29.5 Å². The summed E-state index contributed by atoms with van der Waals surface area (Å²) in [5.41, 5.74) is 0. The number of aliphatic hydroxyl groups is 1. The van der Waals surface area contributed by atoms with E-state index in [-0.39, 0.29) is 11.6 Å². The van der Waals surface area contributed by atoms with Crippen molar-refractivity contribution in [3.05, 3.63) is 34.3 Å². The Morgan fingerprint density at radius 3 is 2.85 bits per heavy atom. The van der Waals surface area contributed by atoms with E-state index in [1.54, 1.807) is 22.7 Å². The van der Waals surface area contributed by atoms with E-state index >= 15 is 0 Å².